The fourth-order valence-corrected chi connectivity index (χ4v) is 3.23. The number of benzene rings is 2. The summed E-state index contributed by atoms with van der Waals surface area (Å²) in [5, 5.41) is 3.39. The minimum absolute atomic E-state index is 0.475. The van der Waals surface area contributed by atoms with Gasteiger partial charge in [-0.05, 0) is 30.7 Å². The number of nitrogens with one attached hydrogen (secondary N) is 1. The van der Waals surface area contributed by atoms with Gasteiger partial charge >= 0.3 is 0 Å². The van der Waals surface area contributed by atoms with E-state index in [1.165, 1.54) is 5.56 Å². The van der Waals surface area contributed by atoms with E-state index in [1.807, 2.05) is 30.3 Å². The number of aryl methyl sites for hydroxylation is 1. The maximum absolute atomic E-state index is 6.16. The largest absolute Gasteiger partial charge is 0.493 e. The number of methoxy groups -OCH3 is 1. The zero-order valence-corrected chi connectivity index (χ0v) is 18.2. The molecule has 29 heavy (non-hydrogen) atoms. The van der Waals surface area contributed by atoms with Crippen LogP contribution in [0.25, 0.3) is 0 Å². The summed E-state index contributed by atoms with van der Waals surface area (Å²) in [6, 6.07) is 17.8. The van der Waals surface area contributed by atoms with Gasteiger partial charge in [-0.25, -0.2) is 4.98 Å². The van der Waals surface area contributed by atoms with Crippen LogP contribution in [0.3, 0.4) is 0 Å². The van der Waals surface area contributed by atoms with Gasteiger partial charge in [-0.3, -0.25) is 0 Å². The second-order valence-electron chi connectivity index (χ2n) is 6.52. The predicted octanol–water partition coefficient (Wildman–Crippen LogP) is 4.91. The van der Waals surface area contributed by atoms with Crippen LogP contribution in [0.15, 0.2) is 65.3 Å². The van der Waals surface area contributed by atoms with E-state index in [0.29, 0.717) is 37.9 Å². The number of aromatic nitrogens is 1. The molecule has 0 saturated carbocycles. The molecule has 0 spiro atoms. The van der Waals surface area contributed by atoms with Crippen LogP contribution in [0.1, 0.15) is 16.7 Å². The van der Waals surface area contributed by atoms with E-state index < -0.39 is 0 Å². The molecule has 2 aromatic carbocycles. The van der Waals surface area contributed by atoms with E-state index in [2.05, 4.69) is 57.4 Å². The summed E-state index contributed by atoms with van der Waals surface area (Å²) in [4.78, 5) is 4.15. The van der Waals surface area contributed by atoms with Crippen LogP contribution >= 0.6 is 15.9 Å². The predicted molar refractivity (Wildman–Crippen MR) is 118 cm³/mol. The summed E-state index contributed by atoms with van der Waals surface area (Å²) in [7, 11) is 1.65. The molecular formula is C23H25BrN2O3. The molecular weight excluding hydrogens is 432 g/mol. The van der Waals surface area contributed by atoms with Crippen LogP contribution in [0.5, 0.6) is 17.4 Å². The zero-order chi connectivity index (χ0) is 20.5. The Bertz CT molecular complexity index is 902. The number of nitrogens with zero attached hydrogens (tertiary/aromatic N) is 1. The lowest BCUT2D eigenvalue weighted by Crippen LogP contribution is -2.21. The third-order valence-electron chi connectivity index (χ3n) is 4.36. The molecule has 152 valence electrons. The minimum Gasteiger partial charge on any atom is -0.493 e. The van der Waals surface area contributed by atoms with E-state index in [0.717, 1.165) is 21.3 Å². The van der Waals surface area contributed by atoms with Crippen molar-refractivity contribution in [2.24, 2.45) is 0 Å². The van der Waals surface area contributed by atoms with Gasteiger partial charge in [0, 0.05) is 35.4 Å². The van der Waals surface area contributed by atoms with Crippen molar-refractivity contribution in [2.75, 3.05) is 20.3 Å². The Kier molecular flexibility index (Phi) is 7.90. The quantitative estimate of drug-likeness (QED) is 0.439. The van der Waals surface area contributed by atoms with Gasteiger partial charge in [0.2, 0.25) is 5.88 Å². The first-order chi connectivity index (χ1) is 14.2. The number of rotatable bonds is 10. The van der Waals surface area contributed by atoms with Gasteiger partial charge in [0.25, 0.3) is 0 Å². The van der Waals surface area contributed by atoms with Crippen molar-refractivity contribution in [2.45, 2.75) is 20.1 Å². The molecule has 6 heteroatoms. The van der Waals surface area contributed by atoms with Crippen LogP contribution < -0.4 is 19.5 Å². The molecule has 1 N–H and O–H groups in total. The molecule has 3 rings (SSSR count). The average molecular weight is 457 g/mol. The summed E-state index contributed by atoms with van der Waals surface area (Å²) in [6.45, 7) is 4.37. The van der Waals surface area contributed by atoms with E-state index in [-0.39, 0.29) is 0 Å². The number of hydrogen-bond donors (Lipinski definition) is 1. The number of ether oxygens (including phenoxy) is 3. The van der Waals surface area contributed by atoms with Crippen molar-refractivity contribution in [3.05, 3.63) is 82.0 Å². The molecule has 0 unspecified atom stereocenters. The van der Waals surface area contributed by atoms with Gasteiger partial charge in [-0.1, -0.05) is 51.8 Å². The summed E-state index contributed by atoms with van der Waals surface area (Å²) in [5.41, 5.74) is 3.35. The molecule has 0 aliphatic rings. The Hall–Kier alpha value is -2.57. The lowest BCUT2D eigenvalue weighted by atomic mass is 10.1. The average Bonchev–Trinajstić information content (AvgIpc) is 2.75. The van der Waals surface area contributed by atoms with Gasteiger partial charge in [0.15, 0.2) is 11.5 Å². The van der Waals surface area contributed by atoms with Gasteiger partial charge in [0.05, 0.1) is 7.11 Å². The molecule has 0 atom stereocenters. The maximum atomic E-state index is 6.16. The lowest BCUT2D eigenvalue weighted by molar-refractivity contribution is 0.278. The molecule has 0 bridgehead atoms. The Labute approximate surface area is 180 Å². The SMILES string of the molecule is COc1ccc(Br)c(CNCCOc2ccccn2)c1OCc1ccc(C)cc1. The monoisotopic (exact) mass is 456 g/mol. The smallest absolute Gasteiger partial charge is 0.213 e. The summed E-state index contributed by atoms with van der Waals surface area (Å²) in [5.74, 6) is 2.07. The Morgan fingerprint density at radius 3 is 2.55 bits per heavy atom. The van der Waals surface area contributed by atoms with Gasteiger partial charge in [-0.2, -0.15) is 0 Å². The van der Waals surface area contributed by atoms with Crippen molar-refractivity contribution < 1.29 is 14.2 Å². The van der Waals surface area contributed by atoms with E-state index in [4.69, 9.17) is 14.2 Å². The van der Waals surface area contributed by atoms with Crippen molar-refractivity contribution in [1.29, 1.82) is 0 Å². The highest BCUT2D eigenvalue weighted by Gasteiger charge is 2.14. The fraction of sp³-hybridized carbons (Fsp3) is 0.261. The van der Waals surface area contributed by atoms with E-state index in [9.17, 15) is 0 Å². The van der Waals surface area contributed by atoms with Crippen molar-refractivity contribution in [3.8, 4) is 17.4 Å². The molecule has 0 saturated heterocycles. The standard InChI is InChI=1S/C23H25BrN2O3/c1-17-6-8-18(9-7-17)16-29-23-19(20(24)10-11-21(23)27-2)15-25-13-14-28-22-5-3-4-12-26-22/h3-12,25H,13-16H2,1-2H3. The molecule has 1 aromatic heterocycles. The number of halogens is 1. The first-order valence-corrected chi connectivity index (χ1v) is 10.2. The molecule has 0 aliphatic heterocycles. The Morgan fingerprint density at radius 2 is 1.83 bits per heavy atom. The van der Waals surface area contributed by atoms with Crippen LogP contribution in [0, 0.1) is 6.92 Å². The van der Waals surface area contributed by atoms with Crippen molar-refractivity contribution in [3.63, 3.8) is 0 Å². The molecule has 0 fully saturated rings. The first-order valence-electron chi connectivity index (χ1n) is 9.45. The second kappa shape index (κ2) is 10.8. The van der Waals surface area contributed by atoms with E-state index >= 15 is 0 Å². The normalized spacial score (nSPS) is 10.6. The third kappa shape index (κ3) is 6.21. The molecule has 0 aliphatic carbocycles. The van der Waals surface area contributed by atoms with Crippen molar-refractivity contribution in [1.82, 2.24) is 10.3 Å². The third-order valence-corrected chi connectivity index (χ3v) is 5.10. The highest BCUT2D eigenvalue weighted by molar-refractivity contribution is 9.10. The molecule has 3 aromatic rings. The van der Waals surface area contributed by atoms with Crippen LogP contribution in [-0.4, -0.2) is 25.2 Å². The highest BCUT2D eigenvalue weighted by Crippen LogP contribution is 2.36. The van der Waals surface area contributed by atoms with Crippen molar-refractivity contribution >= 4 is 15.9 Å². The topological polar surface area (TPSA) is 52.6 Å². The second-order valence-corrected chi connectivity index (χ2v) is 7.38. The molecule has 0 amide bonds. The number of pyridine rings is 1. The van der Waals surface area contributed by atoms with Crippen LogP contribution in [0.4, 0.5) is 0 Å². The molecule has 1 heterocycles. The summed E-state index contributed by atoms with van der Waals surface area (Å²) in [6.07, 6.45) is 1.72. The lowest BCUT2D eigenvalue weighted by Gasteiger charge is -2.17. The van der Waals surface area contributed by atoms with Crippen LogP contribution in [0.2, 0.25) is 0 Å². The summed E-state index contributed by atoms with van der Waals surface area (Å²) < 4.78 is 18.3. The van der Waals surface area contributed by atoms with Crippen LogP contribution in [-0.2, 0) is 13.2 Å². The molecule has 0 radical (unpaired) electrons. The Balaban J connectivity index is 1.61. The minimum atomic E-state index is 0.475. The van der Waals surface area contributed by atoms with Gasteiger partial charge in [-0.15, -0.1) is 0 Å². The first kappa shape index (κ1) is 21.1. The number of hydrogen-bond acceptors (Lipinski definition) is 5. The van der Waals surface area contributed by atoms with Gasteiger partial charge < -0.3 is 19.5 Å². The van der Waals surface area contributed by atoms with E-state index in [1.54, 1.807) is 13.3 Å². The molecule has 5 nitrogen and oxygen atoms in total. The summed E-state index contributed by atoms with van der Waals surface area (Å²) >= 11 is 3.64. The zero-order valence-electron chi connectivity index (χ0n) is 16.7. The Morgan fingerprint density at radius 1 is 1.00 bits per heavy atom. The fourth-order valence-electron chi connectivity index (χ4n) is 2.78. The van der Waals surface area contributed by atoms with Gasteiger partial charge in [0.1, 0.15) is 13.2 Å². The maximum Gasteiger partial charge on any atom is 0.213 e. The highest BCUT2D eigenvalue weighted by atomic mass is 79.9.